The third kappa shape index (κ3) is 4.49. The summed E-state index contributed by atoms with van der Waals surface area (Å²) in [6.45, 7) is 0. The van der Waals surface area contributed by atoms with Crippen molar-refractivity contribution in [3.63, 3.8) is 0 Å². The maximum atomic E-state index is 12.1. The SMILES string of the molecule is NC(=O)C1C=CC=NC1C(Br)CCC(F)(F)F. The molecule has 1 aliphatic heterocycles. The fourth-order valence-corrected chi connectivity index (χ4v) is 2.27. The number of carbonyl (C=O) groups is 1. The minimum atomic E-state index is -4.21. The summed E-state index contributed by atoms with van der Waals surface area (Å²) in [7, 11) is 0. The normalized spacial score (nSPS) is 25.9. The number of hydrogen-bond acceptors (Lipinski definition) is 2. The number of rotatable bonds is 4. The quantitative estimate of drug-likeness (QED) is 0.795. The standard InChI is InChI=1S/C10H12BrF3N2O/c11-7(3-4-10(12,13)14)8-6(9(15)17)2-1-5-16-8/h1-2,5-8H,3-4H2,(H2,15,17). The number of nitrogens with zero attached hydrogens (tertiary/aromatic N) is 1. The summed E-state index contributed by atoms with van der Waals surface area (Å²) < 4.78 is 36.2. The molecule has 0 fully saturated rings. The molecule has 1 amide bonds. The summed E-state index contributed by atoms with van der Waals surface area (Å²) >= 11 is 3.15. The van der Waals surface area contributed by atoms with Crippen molar-refractivity contribution in [2.45, 2.75) is 29.9 Å². The molecule has 3 atom stereocenters. The zero-order chi connectivity index (χ0) is 13.1. The number of allylic oxidation sites excluding steroid dienone is 1. The summed E-state index contributed by atoms with van der Waals surface area (Å²) in [5, 5.41) is 0. The Morgan fingerprint density at radius 1 is 1.53 bits per heavy atom. The number of amides is 1. The lowest BCUT2D eigenvalue weighted by molar-refractivity contribution is -0.135. The summed E-state index contributed by atoms with van der Waals surface area (Å²) in [6.07, 6.45) is -0.668. The summed E-state index contributed by atoms with van der Waals surface area (Å²) in [5.41, 5.74) is 5.17. The molecule has 0 aliphatic carbocycles. The molecule has 2 N–H and O–H groups in total. The Hall–Kier alpha value is -0.850. The molecule has 96 valence electrons. The Morgan fingerprint density at radius 3 is 2.71 bits per heavy atom. The lowest BCUT2D eigenvalue weighted by Crippen LogP contribution is -2.38. The first kappa shape index (κ1) is 14.2. The van der Waals surface area contributed by atoms with Gasteiger partial charge in [0.05, 0.1) is 12.0 Å². The number of nitrogens with two attached hydrogens (primary N) is 1. The maximum absolute atomic E-state index is 12.1. The van der Waals surface area contributed by atoms with Crippen molar-refractivity contribution in [1.82, 2.24) is 0 Å². The third-order valence-corrected chi connectivity index (χ3v) is 3.43. The first-order valence-corrected chi connectivity index (χ1v) is 5.93. The highest BCUT2D eigenvalue weighted by Gasteiger charge is 2.34. The number of carbonyl (C=O) groups excluding carboxylic acids is 1. The van der Waals surface area contributed by atoms with E-state index in [0.29, 0.717) is 0 Å². The van der Waals surface area contributed by atoms with Crippen LogP contribution in [0.5, 0.6) is 0 Å². The van der Waals surface area contributed by atoms with E-state index in [4.69, 9.17) is 5.73 Å². The molecule has 0 bridgehead atoms. The molecule has 0 aromatic heterocycles. The largest absolute Gasteiger partial charge is 0.389 e. The molecular weight excluding hydrogens is 301 g/mol. The van der Waals surface area contributed by atoms with Crippen LogP contribution in [0.15, 0.2) is 17.1 Å². The van der Waals surface area contributed by atoms with Gasteiger partial charge < -0.3 is 5.73 Å². The first-order valence-electron chi connectivity index (χ1n) is 5.01. The Bertz CT molecular complexity index is 341. The summed E-state index contributed by atoms with van der Waals surface area (Å²) in [6, 6.07) is -0.570. The van der Waals surface area contributed by atoms with Crippen LogP contribution < -0.4 is 5.73 Å². The van der Waals surface area contributed by atoms with Gasteiger partial charge in [-0.15, -0.1) is 0 Å². The van der Waals surface area contributed by atoms with Gasteiger partial charge in [-0.25, -0.2) is 0 Å². The van der Waals surface area contributed by atoms with Gasteiger partial charge in [-0.2, -0.15) is 13.2 Å². The average Bonchev–Trinajstić information content (AvgIpc) is 2.25. The van der Waals surface area contributed by atoms with E-state index in [0.717, 1.165) is 0 Å². The fourth-order valence-electron chi connectivity index (χ4n) is 1.58. The summed E-state index contributed by atoms with van der Waals surface area (Å²) in [5.74, 6) is -1.24. The number of halogens is 4. The van der Waals surface area contributed by atoms with E-state index in [2.05, 4.69) is 20.9 Å². The van der Waals surface area contributed by atoms with Crippen molar-refractivity contribution in [2.75, 3.05) is 0 Å². The monoisotopic (exact) mass is 312 g/mol. The molecule has 7 heteroatoms. The van der Waals surface area contributed by atoms with Crippen LogP contribution in [0.4, 0.5) is 13.2 Å². The second kappa shape index (κ2) is 5.66. The number of hydrogen-bond donors (Lipinski definition) is 1. The highest BCUT2D eigenvalue weighted by molar-refractivity contribution is 9.09. The van der Waals surface area contributed by atoms with E-state index >= 15 is 0 Å². The Morgan fingerprint density at radius 2 is 2.18 bits per heavy atom. The topological polar surface area (TPSA) is 55.5 Å². The van der Waals surface area contributed by atoms with Crippen LogP contribution in [0.2, 0.25) is 0 Å². The van der Waals surface area contributed by atoms with Gasteiger partial charge in [0.25, 0.3) is 0 Å². The predicted molar refractivity (Wildman–Crippen MR) is 62.1 cm³/mol. The van der Waals surface area contributed by atoms with Crippen molar-refractivity contribution in [1.29, 1.82) is 0 Å². The smallest absolute Gasteiger partial charge is 0.369 e. The fraction of sp³-hybridized carbons (Fsp3) is 0.600. The van der Waals surface area contributed by atoms with Gasteiger partial charge in [0.1, 0.15) is 0 Å². The number of alkyl halides is 4. The van der Waals surface area contributed by atoms with Crippen molar-refractivity contribution in [3.05, 3.63) is 12.2 Å². The molecule has 0 radical (unpaired) electrons. The zero-order valence-electron chi connectivity index (χ0n) is 8.82. The minimum absolute atomic E-state index is 0.136. The molecule has 0 aromatic rings. The molecule has 1 aliphatic rings. The van der Waals surface area contributed by atoms with Crippen molar-refractivity contribution in [2.24, 2.45) is 16.6 Å². The Kier molecular flexibility index (Phi) is 4.73. The molecule has 1 rings (SSSR count). The van der Waals surface area contributed by atoms with E-state index in [1.807, 2.05) is 0 Å². The van der Waals surface area contributed by atoms with Crippen LogP contribution in [0, 0.1) is 5.92 Å². The van der Waals surface area contributed by atoms with Crippen LogP contribution in [0.1, 0.15) is 12.8 Å². The molecule has 0 spiro atoms. The van der Waals surface area contributed by atoms with E-state index in [-0.39, 0.29) is 6.42 Å². The van der Waals surface area contributed by atoms with E-state index < -0.39 is 35.3 Å². The highest BCUT2D eigenvalue weighted by atomic mass is 79.9. The molecule has 17 heavy (non-hydrogen) atoms. The van der Waals surface area contributed by atoms with Gasteiger partial charge in [0.2, 0.25) is 5.91 Å². The van der Waals surface area contributed by atoms with Gasteiger partial charge in [0.15, 0.2) is 0 Å². The van der Waals surface area contributed by atoms with Crippen molar-refractivity contribution >= 4 is 28.1 Å². The van der Waals surface area contributed by atoms with Crippen LogP contribution >= 0.6 is 15.9 Å². The zero-order valence-corrected chi connectivity index (χ0v) is 10.4. The maximum Gasteiger partial charge on any atom is 0.389 e. The van der Waals surface area contributed by atoms with Crippen LogP contribution in [-0.2, 0) is 4.79 Å². The minimum Gasteiger partial charge on any atom is -0.369 e. The highest BCUT2D eigenvalue weighted by Crippen LogP contribution is 2.29. The van der Waals surface area contributed by atoms with Gasteiger partial charge >= 0.3 is 6.18 Å². The van der Waals surface area contributed by atoms with Gasteiger partial charge in [-0.1, -0.05) is 22.0 Å². The Labute approximate surface area is 105 Å². The summed E-state index contributed by atoms with van der Waals surface area (Å²) in [4.78, 5) is 14.6. The first-order chi connectivity index (χ1) is 7.81. The molecule has 1 heterocycles. The number of dihydropyridines is 1. The molecule has 0 aromatic carbocycles. The second-order valence-electron chi connectivity index (χ2n) is 3.77. The molecule has 3 unspecified atom stereocenters. The average molecular weight is 313 g/mol. The number of primary amides is 1. The number of aliphatic imine (C=N–C) groups is 1. The lowest BCUT2D eigenvalue weighted by Gasteiger charge is -2.25. The van der Waals surface area contributed by atoms with Crippen LogP contribution in [0.25, 0.3) is 0 Å². The van der Waals surface area contributed by atoms with E-state index in [9.17, 15) is 18.0 Å². The van der Waals surface area contributed by atoms with Crippen LogP contribution in [0.3, 0.4) is 0 Å². The lowest BCUT2D eigenvalue weighted by atomic mass is 9.92. The van der Waals surface area contributed by atoms with E-state index in [1.54, 1.807) is 12.2 Å². The van der Waals surface area contributed by atoms with Gasteiger partial charge in [-0.3, -0.25) is 9.79 Å². The molecular formula is C10H12BrF3N2O. The third-order valence-electron chi connectivity index (χ3n) is 2.43. The van der Waals surface area contributed by atoms with Crippen LogP contribution in [-0.4, -0.2) is 29.2 Å². The van der Waals surface area contributed by atoms with Gasteiger partial charge in [0, 0.05) is 17.5 Å². The molecule has 3 nitrogen and oxygen atoms in total. The molecule has 0 saturated heterocycles. The Balaban J connectivity index is 2.61. The van der Waals surface area contributed by atoms with E-state index in [1.165, 1.54) is 6.21 Å². The molecule has 0 saturated carbocycles. The van der Waals surface area contributed by atoms with Crippen molar-refractivity contribution in [3.8, 4) is 0 Å². The second-order valence-corrected chi connectivity index (χ2v) is 4.95. The van der Waals surface area contributed by atoms with Gasteiger partial charge in [-0.05, 0) is 12.5 Å². The predicted octanol–water partition coefficient (Wildman–Crippen LogP) is 2.20. The van der Waals surface area contributed by atoms with Crippen molar-refractivity contribution < 1.29 is 18.0 Å².